The number of ketones is 4. The Bertz CT molecular complexity index is 6870. The highest BCUT2D eigenvalue weighted by Crippen LogP contribution is 2.45. The Hall–Kier alpha value is -10.3. The minimum Gasteiger partial charge on any atom is -0.489 e. The molecule has 0 saturated heterocycles. The van der Waals surface area contributed by atoms with Crippen molar-refractivity contribution in [3.8, 4) is 5.75 Å². The number of aryl methyl sites for hydroxylation is 1. The average Bonchev–Trinajstić information content (AvgIpc) is 1.64. The second-order valence-corrected chi connectivity index (χ2v) is 45.7. The molecular formula is C95H105ClF3N17O21S8. The van der Waals surface area contributed by atoms with Gasteiger partial charge < -0.3 is 35.0 Å². The molecule has 10 heterocycles. The van der Waals surface area contributed by atoms with Crippen molar-refractivity contribution in [2.24, 2.45) is 62.0 Å². The number of aliphatic hydroxyl groups excluding tert-OH is 4. The first-order chi connectivity index (χ1) is 69.0. The summed E-state index contributed by atoms with van der Waals surface area (Å²) in [6.45, 7) is 7.50. The predicted octanol–water partition coefficient (Wildman–Crippen LogP) is 10.4. The van der Waals surface area contributed by atoms with E-state index in [1.807, 2.05) is 77.9 Å². The minimum atomic E-state index is -4.48. The van der Waals surface area contributed by atoms with Crippen LogP contribution >= 0.6 is 57.4 Å². The maximum atomic E-state index is 13.4. The van der Waals surface area contributed by atoms with Gasteiger partial charge >= 0.3 is 47.4 Å². The molecule has 0 bridgehead atoms. The van der Waals surface area contributed by atoms with Crippen LogP contribution in [0.2, 0.25) is 0 Å². The van der Waals surface area contributed by atoms with Gasteiger partial charge in [0, 0.05) is 139 Å². The van der Waals surface area contributed by atoms with Crippen molar-refractivity contribution in [1.82, 2.24) is 59.2 Å². The van der Waals surface area contributed by atoms with E-state index in [1.165, 1.54) is 101 Å². The van der Waals surface area contributed by atoms with E-state index in [-0.39, 0.29) is 110 Å². The van der Waals surface area contributed by atoms with Crippen molar-refractivity contribution >= 4 is 128 Å². The maximum Gasteiger partial charge on any atom is 0.416 e. The fraction of sp³-hybridized carbons (Fsp3) is 0.400. The first-order valence-corrected chi connectivity index (χ1v) is 55.6. The van der Waals surface area contributed by atoms with Crippen LogP contribution in [0, 0.1) is 48.3 Å². The maximum absolute atomic E-state index is 13.4. The third kappa shape index (κ3) is 30.7. The number of thioether (sulfide) groups is 1. The number of thiophene rings is 3. The number of alkyl halides is 3. The second-order valence-electron chi connectivity index (χ2n) is 36.5. The lowest BCUT2D eigenvalue weighted by molar-refractivity contribution is -0.137. The number of nitrogens with two attached hydrogens (primary N) is 4. The number of halogens is 4. The largest absolute Gasteiger partial charge is 0.489 e. The number of allylic oxidation sites excluding steroid dienone is 3. The number of hydrogen-bond acceptors (Lipinski definition) is 37. The van der Waals surface area contributed by atoms with Gasteiger partial charge in [0.15, 0.2) is 5.78 Å². The summed E-state index contributed by atoms with van der Waals surface area (Å²) in [5.41, 5.74) is 9.68. The summed E-state index contributed by atoms with van der Waals surface area (Å²) in [4.78, 5) is 98.4. The number of carbonyl (C=O) groups excluding carboxylic acids is 4. The van der Waals surface area contributed by atoms with Crippen LogP contribution in [0.15, 0.2) is 196 Å². The van der Waals surface area contributed by atoms with E-state index >= 15 is 0 Å². The zero-order valence-corrected chi connectivity index (χ0v) is 85.1. The second kappa shape index (κ2) is 48.3. The average molecular weight is 2170 g/mol. The van der Waals surface area contributed by atoms with E-state index < -0.39 is 89.1 Å². The van der Waals surface area contributed by atoms with Gasteiger partial charge in [0.1, 0.15) is 49.3 Å². The molecule has 7 aliphatic rings. The van der Waals surface area contributed by atoms with Crippen LogP contribution in [0.4, 0.5) is 19.0 Å². The van der Waals surface area contributed by atoms with Crippen molar-refractivity contribution in [2.75, 3.05) is 38.3 Å². The lowest BCUT2D eigenvalue weighted by atomic mass is 9.96. The number of aromatic nitrogens is 10. The van der Waals surface area contributed by atoms with Crippen LogP contribution < -0.4 is 30.6 Å². The van der Waals surface area contributed by atoms with Crippen LogP contribution in [0.1, 0.15) is 176 Å². The number of hydrogen-bond donors (Lipinski definition) is 9. The standard InChI is InChI=1S/C25H28N4O5S2.C24H27N3O6S2.C23H22ClF3N4O5S2.C23H28N6O5S2/c26-36(32,33)34-13-20-5-16(7-23(20)30)6-22-21(9-27-15-28-22)25(31)24-8-17(14-35-24)10-29-11-18-3-1-2-4-19(18)12-29;1-15-4-2-3-5-22(15)32-11-17-9-23(34-13-17)24(29)19-10-26-14-27-20(19)7-16-6-18(21(28)8-16)12-33-35(25,30)31;24-18-5-12(6-20(18)37-16-3-1-2-14(7-16)23(25,26)27)21(33)17-9-29-11-30-22(17)31-15-4-13(19(32)8-15)10-36-38(28,34)35;24-36(32,33)34-12-17-5-15(7-20(17)30)6-19-18(9-25-14-27-19)23(31)21-8-16(13-35-21)10-28-3-4-29-2-1-26-22(29)11-28/h1-4,8-9,14-16,20,23,30H,5-7,10-13H2,(H2,26,32,33);2-5,9-10,13-14,16,18,21,28H,6-8,11-12H2,1H3,(H2,25,30,31);1-3,6-7,9,11,13,15,19,32H,4-5,8,10H2,(H2,28,34,35)(H,29,30,31);1-2,8-9,13-15,17,20,30H,3-7,10-12H2,(H2,24,32,33)/t16-,20+,23-;16-,18+,21-;13-,15-,19+;15-,17+,20-/m0010/s1. The molecule has 3 aromatic carbocycles. The summed E-state index contributed by atoms with van der Waals surface area (Å²) in [5, 5.41) is 70.2. The monoisotopic (exact) mass is 2170 g/mol. The fourth-order valence-corrected chi connectivity index (χ4v) is 24.1. The molecule has 8 aromatic heterocycles. The molecule has 11 aromatic rings. The summed E-state index contributed by atoms with van der Waals surface area (Å²) < 4.78 is 154. The first kappa shape index (κ1) is 109. The SMILES string of the molecule is Cc1ccccc1OCc1csc(C(=O)c2cncnc2C[C@@H]2C[C@H](COS(N)(=O)=O)[C@@H](O)C2)c1.NS(=O)(=O)OC[C@H]1C[C@@H](Cc2ncncc2C(=O)c2cc(CN3CCn4ccnc4C3)cs2)C[C@@H]1O.NS(=O)(=O)OC[C@H]1C[C@@H](Cc2ncncc2C(=O)c2cc(CN3Cc4ccccc4C3)cs2)C[C@@H]1O.NS(=O)(=O)OC[C@H]1C[C@@H](Nc2ncncc2C(=O)C2=CC(Sc3cccc(C(F)(F)F)c3)=C(Cl)C2)C[C@@H]1O. The van der Waals surface area contributed by atoms with Gasteiger partial charge in [-0.15, -0.1) is 34.0 Å². The zero-order valence-electron chi connectivity index (χ0n) is 77.8. The molecule has 4 fully saturated rings. The number of fused-ring (bicyclic) bond motifs is 2. The Labute approximate surface area is 855 Å². The number of anilines is 1. The molecular weight excluding hydrogens is 2060 g/mol. The summed E-state index contributed by atoms with van der Waals surface area (Å²) in [7, 11) is -16.3. The highest BCUT2D eigenvalue weighted by molar-refractivity contribution is 8.03. The van der Waals surface area contributed by atoms with Crippen molar-refractivity contribution in [3.63, 3.8) is 0 Å². The Morgan fingerprint density at radius 2 is 0.952 bits per heavy atom. The minimum absolute atomic E-state index is 0.0157. The van der Waals surface area contributed by atoms with E-state index in [9.17, 15) is 86.4 Å². The van der Waals surface area contributed by atoms with Gasteiger partial charge in [-0.25, -0.2) is 65.4 Å². The van der Waals surface area contributed by atoms with Crippen LogP contribution in [0.25, 0.3) is 0 Å². The van der Waals surface area contributed by atoms with Gasteiger partial charge in [-0.05, 0) is 188 Å². The van der Waals surface area contributed by atoms with E-state index in [2.05, 4.69) is 106 Å². The number of ether oxygens (including phenoxy) is 1. The lowest BCUT2D eigenvalue weighted by Gasteiger charge is -2.27. The Morgan fingerprint density at radius 3 is 1.43 bits per heavy atom. The predicted molar refractivity (Wildman–Crippen MR) is 530 cm³/mol. The fourth-order valence-electron chi connectivity index (χ4n) is 18.8. The van der Waals surface area contributed by atoms with Crippen LogP contribution in [-0.4, -0.2) is 200 Å². The van der Waals surface area contributed by atoms with Gasteiger partial charge in [-0.3, -0.25) is 45.7 Å². The zero-order chi connectivity index (χ0) is 103. The molecule has 38 nitrogen and oxygen atoms in total. The van der Waals surface area contributed by atoms with Gasteiger partial charge in [0.05, 0.1) is 117 Å². The first-order valence-electron chi connectivity index (χ1n) is 45.9. The highest BCUT2D eigenvalue weighted by Gasteiger charge is 2.41. The van der Waals surface area contributed by atoms with Crippen molar-refractivity contribution in [3.05, 3.63) is 290 Å². The van der Waals surface area contributed by atoms with E-state index in [0.29, 0.717) is 140 Å². The molecule has 0 spiro atoms. The van der Waals surface area contributed by atoms with Crippen molar-refractivity contribution in [2.45, 2.75) is 171 Å². The summed E-state index contributed by atoms with van der Waals surface area (Å²) >= 11 is 11.6. The molecule has 13 N–H and O–H groups in total. The number of nitrogens with one attached hydrogen (secondary N) is 1. The number of rotatable bonds is 37. The van der Waals surface area contributed by atoms with Crippen LogP contribution in [0.5, 0.6) is 5.75 Å². The number of aliphatic hydroxyl groups is 4. The van der Waals surface area contributed by atoms with Crippen LogP contribution in [0.3, 0.4) is 0 Å². The molecule has 0 radical (unpaired) electrons. The van der Waals surface area contributed by atoms with Gasteiger partial charge in [-0.1, -0.05) is 71.9 Å². The normalized spacial score (nSPS) is 21.7. The lowest BCUT2D eigenvalue weighted by Crippen LogP contribution is -2.33. The number of benzene rings is 3. The number of carbonyl (C=O) groups is 4. The third-order valence-electron chi connectivity index (χ3n) is 25.8. The third-order valence-corrected chi connectivity index (χ3v) is 32.1. The molecule has 12 atom stereocenters. The van der Waals surface area contributed by atoms with Gasteiger partial charge in [0.2, 0.25) is 17.3 Å². The van der Waals surface area contributed by atoms with Crippen molar-refractivity contribution in [1.29, 1.82) is 0 Å². The van der Waals surface area contributed by atoms with Crippen LogP contribution in [-0.2, 0) is 129 Å². The van der Waals surface area contributed by atoms with E-state index in [1.54, 1.807) is 12.4 Å². The number of Topliss-reactive ketones (excluding diaryl/α,β-unsaturated/α-hetero) is 1. The molecule has 0 amide bonds. The number of nitrogens with zero attached hydrogens (tertiary/aromatic N) is 12. The Kier molecular flexibility index (Phi) is 36.3. The highest BCUT2D eigenvalue weighted by atomic mass is 35.5. The topological polar surface area (TPSA) is 575 Å². The van der Waals surface area contributed by atoms with E-state index in [0.717, 1.165) is 104 Å². The summed E-state index contributed by atoms with van der Waals surface area (Å²) in [6, 6.07) is 26.4. The number of imidazole rings is 1. The molecule has 0 unspecified atom stereocenters. The quantitative estimate of drug-likeness (QED) is 0.0163. The Balaban J connectivity index is 0.000000145. The summed E-state index contributed by atoms with van der Waals surface area (Å²) in [5.74, 6) is -0.211. The van der Waals surface area contributed by atoms with Gasteiger partial charge in [0.25, 0.3) is 0 Å². The molecule has 18 rings (SSSR count). The molecule has 50 heteroatoms. The van der Waals surface area contributed by atoms with Gasteiger partial charge in [-0.2, -0.15) is 46.8 Å². The molecule has 772 valence electrons. The molecule has 145 heavy (non-hydrogen) atoms. The molecule has 2 aliphatic heterocycles. The Morgan fingerprint density at radius 1 is 0.510 bits per heavy atom. The van der Waals surface area contributed by atoms with E-state index in [4.69, 9.17) is 36.9 Å². The van der Waals surface area contributed by atoms with Crippen molar-refractivity contribution < 1.29 is 108 Å². The summed E-state index contributed by atoms with van der Waals surface area (Å²) in [6.07, 6.45) is 14.4. The molecule has 4 saturated carbocycles. The molecule has 5 aliphatic carbocycles. The number of para-hydroxylation sites is 1. The smallest absolute Gasteiger partial charge is 0.416 e.